The van der Waals surface area contributed by atoms with Crippen molar-refractivity contribution in [1.29, 1.82) is 0 Å². The Labute approximate surface area is 126 Å². The normalized spacial score (nSPS) is 28.0. The van der Waals surface area contributed by atoms with Gasteiger partial charge in [0.1, 0.15) is 0 Å². The van der Waals surface area contributed by atoms with Crippen molar-refractivity contribution in [2.24, 2.45) is 11.8 Å². The fourth-order valence-electron chi connectivity index (χ4n) is 3.42. The Bertz CT molecular complexity index is 529. The monoisotopic (exact) mass is 287 g/mol. The Morgan fingerprint density at radius 2 is 1.90 bits per heavy atom. The minimum Gasteiger partial charge on any atom is -0.382 e. The van der Waals surface area contributed by atoms with Crippen LogP contribution in [-0.4, -0.2) is 25.0 Å². The first-order valence-electron chi connectivity index (χ1n) is 8.08. The molecule has 0 aromatic heterocycles. The average Bonchev–Trinajstić information content (AvgIpc) is 2.51. The van der Waals surface area contributed by atoms with Gasteiger partial charge in [-0.05, 0) is 36.5 Å². The molecule has 2 aliphatic rings. The molecule has 1 fully saturated rings. The largest absolute Gasteiger partial charge is 0.382 e. The van der Waals surface area contributed by atoms with Crippen LogP contribution in [0.2, 0.25) is 0 Å². The topological polar surface area (TPSA) is 53.2 Å². The second-order valence-electron chi connectivity index (χ2n) is 6.46. The summed E-state index contributed by atoms with van der Waals surface area (Å²) in [6.45, 7) is 6.37. The van der Waals surface area contributed by atoms with Gasteiger partial charge in [-0.1, -0.05) is 26.7 Å². The summed E-state index contributed by atoms with van der Waals surface area (Å²) in [5, 5.41) is 9.90. The van der Waals surface area contributed by atoms with E-state index in [2.05, 4.69) is 29.8 Å². The van der Waals surface area contributed by atoms with Gasteiger partial charge in [-0.15, -0.1) is 0 Å². The molecule has 3 rings (SSSR count). The molecule has 1 amide bonds. The number of hydrogen-bond donors (Lipinski definition) is 3. The number of fused-ring (bicyclic) bond motifs is 1. The quantitative estimate of drug-likeness (QED) is 0.783. The minimum absolute atomic E-state index is 0.0520. The van der Waals surface area contributed by atoms with Gasteiger partial charge in [-0.2, -0.15) is 0 Å². The molecule has 4 nitrogen and oxygen atoms in total. The summed E-state index contributed by atoms with van der Waals surface area (Å²) in [6.07, 6.45) is 3.59. The smallest absolute Gasteiger partial charge is 0.251 e. The molecule has 4 heteroatoms. The molecule has 114 valence electrons. The minimum atomic E-state index is 0.0520. The van der Waals surface area contributed by atoms with E-state index in [1.165, 1.54) is 12.8 Å². The molecule has 3 unspecified atom stereocenters. The van der Waals surface area contributed by atoms with E-state index >= 15 is 0 Å². The van der Waals surface area contributed by atoms with E-state index in [-0.39, 0.29) is 5.91 Å². The van der Waals surface area contributed by atoms with E-state index in [0.717, 1.165) is 36.4 Å². The lowest BCUT2D eigenvalue weighted by Gasteiger charge is -2.34. The Kier molecular flexibility index (Phi) is 4.04. The molecule has 21 heavy (non-hydrogen) atoms. The van der Waals surface area contributed by atoms with Crippen molar-refractivity contribution in [2.75, 3.05) is 23.7 Å². The first kappa shape index (κ1) is 14.2. The summed E-state index contributed by atoms with van der Waals surface area (Å²) in [4.78, 5) is 12.5. The molecular formula is C17H25N3O. The highest BCUT2D eigenvalue weighted by atomic mass is 16.1. The molecule has 0 radical (unpaired) electrons. The molecule has 3 N–H and O–H groups in total. The summed E-state index contributed by atoms with van der Waals surface area (Å²) in [7, 11) is 0. The number of anilines is 2. The number of nitrogens with one attached hydrogen (secondary N) is 3. The van der Waals surface area contributed by atoms with Crippen LogP contribution in [0.15, 0.2) is 18.2 Å². The summed E-state index contributed by atoms with van der Waals surface area (Å²) >= 11 is 0. The standard InChI is InChI=1S/C17H25N3O/c1-11-4-3-5-14(12(11)2)20-17(21)13-6-7-15-16(10-13)19-9-8-18-15/h6-7,10-12,14,18-19H,3-5,8-9H2,1-2H3,(H,20,21). The van der Waals surface area contributed by atoms with E-state index in [0.29, 0.717) is 17.9 Å². The maximum Gasteiger partial charge on any atom is 0.251 e. The van der Waals surface area contributed by atoms with Gasteiger partial charge in [0, 0.05) is 24.7 Å². The number of rotatable bonds is 2. The zero-order valence-corrected chi connectivity index (χ0v) is 12.9. The zero-order chi connectivity index (χ0) is 14.8. The van der Waals surface area contributed by atoms with Crippen molar-refractivity contribution < 1.29 is 4.79 Å². The molecule has 1 heterocycles. The summed E-state index contributed by atoms with van der Waals surface area (Å²) in [5.74, 6) is 1.30. The second kappa shape index (κ2) is 5.96. The third-order valence-electron chi connectivity index (χ3n) is 5.06. The zero-order valence-electron chi connectivity index (χ0n) is 12.9. The average molecular weight is 287 g/mol. The van der Waals surface area contributed by atoms with Crippen molar-refractivity contribution in [3.05, 3.63) is 23.8 Å². The third kappa shape index (κ3) is 2.99. The van der Waals surface area contributed by atoms with Crippen LogP contribution in [0.5, 0.6) is 0 Å². The van der Waals surface area contributed by atoms with Crippen molar-refractivity contribution in [3.8, 4) is 0 Å². The van der Waals surface area contributed by atoms with Crippen LogP contribution in [0.1, 0.15) is 43.5 Å². The van der Waals surface area contributed by atoms with Gasteiger partial charge in [0.05, 0.1) is 11.4 Å². The van der Waals surface area contributed by atoms with E-state index in [1.54, 1.807) is 0 Å². The summed E-state index contributed by atoms with van der Waals surface area (Å²) < 4.78 is 0. The van der Waals surface area contributed by atoms with Gasteiger partial charge >= 0.3 is 0 Å². The fourth-order valence-corrected chi connectivity index (χ4v) is 3.42. The lowest BCUT2D eigenvalue weighted by Crippen LogP contribution is -2.43. The molecule has 1 aromatic carbocycles. The molecule has 0 bridgehead atoms. The molecule has 1 aromatic rings. The highest BCUT2D eigenvalue weighted by Crippen LogP contribution is 2.30. The van der Waals surface area contributed by atoms with Gasteiger partial charge in [0.2, 0.25) is 0 Å². The van der Waals surface area contributed by atoms with Crippen LogP contribution in [-0.2, 0) is 0 Å². The van der Waals surface area contributed by atoms with Crippen LogP contribution >= 0.6 is 0 Å². The Balaban J connectivity index is 1.70. The maximum absolute atomic E-state index is 12.5. The first-order chi connectivity index (χ1) is 10.1. The van der Waals surface area contributed by atoms with E-state index in [9.17, 15) is 4.79 Å². The van der Waals surface area contributed by atoms with Crippen LogP contribution < -0.4 is 16.0 Å². The van der Waals surface area contributed by atoms with E-state index in [4.69, 9.17) is 0 Å². The third-order valence-corrected chi connectivity index (χ3v) is 5.06. The van der Waals surface area contributed by atoms with Crippen molar-refractivity contribution in [3.63, 3.8) is 0 Å². The van der Waals surface area contributed by atoms with E-state index < -0.39 is 0 Å². The number of hydrogen-bond acceptors (Lipinski definition) is 3. The predicted octanol–water partition coefficient (Wildman–Crippen LogP) is 3.08. The van der Waals surface area contributed by atoms with Crippen LogP contribution in [0, 0.1) is 11.8 Å². The maximum atomic E-state index is 12.5. The van der Waals surface area contributed by atoms with E-state index in [1.807, 2.05) is 18.2 Å². The van der Waals surface area contributed by atoms with Crippen LogP contribution in [0.3, 0.4) is 0 Å². The highest BCUT2D eigenvalue weighted by Gasteiger charge is 2.28. The van der Waals surface area contributed by atoms with Gasteiger partial charge < -0.3 is 16.0 Å². The SMILES string of the molecule is CC1CCCC(NC(=O)c2ccc3c(c2)NCCN3)C1C. The molecule has 1 aliphatic heterocycles. The molecule has 1 saturated carbocycles. The van der Waals surface area contributed by atoms with Gasteiger partial charge in [0.25, 0.3) is 5.91 Å². The molecule has 3 atom stereocenters. The van der Waals surface area contributed by atoms with Crippen molar-refractivity contribution >= 4 is 17.3 Å². The summed E-state index contributed by atoms with van der Waals surface area (Å²) in [5.41, 5.74) is 2.85. The van der Waals surface area contributed by atoms with Crippen molar-refractivity contribution in [1.82, 2.24) is 5.32 Å². The molecule has 1 aliphatic carbocycles. The Hall–Kier alpha value is -1.71. The lowest BCUT2D eigenvalue weighted by molar-refractivity contribution is 0.0891. The molecule has 0 saturated heterocycles. The lowest BCUT2D eigenvalue weighted by atomic mass is 9.78. The number of carbonyl (C=O) groups is 1. The van der Waals surface area contributed by atoms with Gasteiger partial charge in [-0.3, -0.25) is 4.79 Å². The molecule has 0 spiro atoms. The van der Waals surface area contributed by atoms with Gasteiger partial charge in [-0.25, -0.2) is 0 Å². The van der Waals surface area contributed by atoms with Gasteiger partial charge in [0.15, 0.2) is 0 Å². The first-order valence-corrected chi connectivity index (χ1v) is 8.08. The number of amides is 1. The second-order valence-corrected chi connectivity index (χ2v) is 6.46. The summed E-state index contributed by atoms with van der Waals surface area (Å²) in [6, 6.07) is 6.16. The number of carbonyl (C=O) groups excluding carboxylic acids is 1. The van der Waals surface area contributed by atoms with Crippen LogP contribution in [0.4, 0.5) is 11.4 Å². The Morgan fingerprint density at radius 1 is 1.14 bits per heavy atom. The number of benzene rings is 1. The van der Waals surface area contributed by atoms with Crippen LogP contribution in [0.25, 0.3) is 0 Å². The molecular weight excluding hydrogens is 262 g/mol. The Morgan fingerprint density at radius 3 is 2.71 bits per heavy atom. The predicted molar refractivity (Wildman–Crippen MR) is 86.9 cm³/mol. The van der Waals surface area contributed by atoms with Crippen molar-refractivity contribution in [2.45, 2.75) is 39.2 Å². The fraction of sp³-hybridized carbons (Fsp3) is 0.588. The highest BCUT2D eigenvalue weighted by molar-refractivity contribution is 5.96.